The van der Waals surface area contributed by atoms with Gasteiger partial charge < -0.3 is 24.2 Å². The molecule has 0 unspecified atom stereocenters. The number of anilines is 2. The monoisotopic (exact) mass is 478 g/mol. The van der Waals surface area contributed by atoms with Gasteiger partial charge in [0.1, 0.15) is 18.0 Å². The summed E-state index contributed by atoms with van der Waals surface area (Å²) in [5, 5.41) is 0. The van der Waals surface area contributed by atoms with Crippen molar-refractivity contribution < 1.29 is 23.9 Å². The largest absolute Gasteiger partial charge is 0.497 e. The van der Waals surface area contributed by atoms with Gasteiger partial charge in [-0.2, -0.15) is 0 Å². The van der Waals surface area contributed by atoms with Crippen molar-refractivity contribution in [3.05, 3.63) is 48.0 Å². The standard InChI is InChI=1S/C26H30N4O5/c1-34-21-6-4-5-20(16-21)27-11-13-28(14-12-27)24(31)17-30-22-15-19(26(33)29-9-2-3-10-29)7-8-23(22)35-18-25(30)32/h4-8,15-16H,2-3,9-14,17-18H2,1H3. The molecule has 5 rings (SSSR count). The number of nitrogens with zero attached hydrogens (tertiary/aromatic N) is 4. The Morgan fingerprint density at radius 1 is 0.943 bits per heavy atom. The first kappa shape index (κ1) is 23.0. The van der Waals surface area contributed by atoms with Gasteiger partial charge in [-0.3, -0.25) is 19.3 Å². The molecule has 3 aliphatic rings. The summed E-state index contributed by atoms with van der Waals surface area (Å²) >= 11 is 0. The molecule has 0 atom stereocenters. The quantitative estimate of drug-likeness (QED) is 0.654. The van der Waals surface area contributed by atoms with Crippen molar-refractivity contribution in [2.75, 3.05) is 69.3 Å². The van der Waals surface area contributed by atoms with Gasteiger partial charge in [-0.25, -0.2) is 0 Å². The van der Waals surface area contributed by atoms with Crippen molar-refractivity contribution in [1.29, 1.82) is 0 Å². The zero-order valence-electron chi connectivity index (χ0n) is 19.9. The van der Waals surface area contributed by atoms with Crippen molar-refractivity contribution in [3.8, 4) is 11.5 Å². The summed E-state index contributed by atoms with van der Waals surface area (Å²) in [6.07, 6.45) is 2.01. The third-order valence-corrected chi connectivity index (χ3v) is 6.89. The SMILES string of the molecule is COc1cccc(N2CCN(C(=O)CN3C(=O)COc4ccc(C(=O)N5CCCC5)cc43)CC2)c1. The van der Waals surface area contributed by atoms with Crippen LogP contribution in [0.5, 0.6) is 11.5 Å². The van der Waals surface area contributed by atoms with Crippen LogP contribution in [0.3, 0.4) is 0 Å². The van der Waals surface area contributed by atoms with Crippen LogP contribution in [-0.4, -0.2) is 87.1 Å². The minimum absolute atomic E-state index is 0.0525. The van der Waals surface area contributed by atoms with Gasteiger partial charge in [-0.1, -0.05) is 6.07 Å². The number of likely N-dealkylation sites (tertiary alicyclic amines) is 1. The van der Waals surface area contributed by atoms with E-state index in [0.29, 0.717) is 43.2 Å². The van der Waals surface area contributed by atoms with Gasteiger partial charge in [0.15, 0.2) is 6.61 Å². The van der Waals surface area contributed by atoms with Crippen LogP contribution in [0, 0.1) is 0 Å². The van der Waals surface area contributed by atoms with Crippen molar-refractivity contribution in [1.82, 2.24) is 9.80 Å². The summed E-state index contributed by atoms with van der Waals surface area (Å²) in [7, 11) is 1.64. The molecule has 0 spiro atoms. The fourth-order valence-corrected chi connectivity index (χ4v) is 4.87. The fraction of sp³-hybridized carbons (Fsp3) is 0.423. The van der Waals surface area contributed by atoms with E-state index in [2.05, 4.69) is 4.90 Å². The van der Waals surface area contributed by atoms with E-state index >= 15 is 0 Å². The topological polar surface area (TPSA) is 82.6 Å². The maximum atomic E-state index is 13.2. The summed E-state index contributed by atoms with van der Waals surface area (Å²) in [6, 6.07) is 13.0. The molecule has 0 radical (unpaired) electrons. The molecule has 2 fully saturated rings. The molecule has 2 aromatic carbocycles. The molecule has 2 aromatic rings. The number of carbonyl (C=O) groups is 3. The first-order valence-corrected chi connectivity index (χ1v) is 12.1. The number of benzene rings is 2. The van der Waals surface area contributed by atoms with Crippen LogP contribution < -0.4 is 19.3 Å². The van der Waals surface area contributed by atoms with Crippen LogP contribution >= 0.6 is 0 Å². The maximum Gasteiger partial charge on any atom is 0.265 e. The van der Waals surface area contributed by atoms with E-state index in [1.807, 2.05) is 29.2 Å². The van der Waals surface area contributed by atoms with Gasteiger partial charge >= 0.3 is 0 Å². The Kier molecular flexibility index (Phi) is 6.48. The summed E-state index contributed by atoms with van der Waals surface area (Å²) in [6.45, 7) is 3.81. The molecule has 0 N–H and O–H groups in total. The average molecular weight is 479 g/mol. The zero-order valence-corrected chi connectivity index (χ0v) is 19.9. The average Bonchev–Trinajstić information content (AvgIpc) is 3.45. The van der Waals surface area contributed by atoms with Crippen LogP contribution in [0.25, 0.3) is 0 Å². The van der Waals surface area contributed by atoms with Crippen molar-refractivity contribution in [2.45, 2.75) is 12.8 Å². The van der Waals surface area contributed by atoms with Crippen LogP contribution in [0.1, 0.15) is 23.2 Å². The lowest BCUT2D eigenvalue weighted by molar-refractivity contribution is -0.132. The first-order chi connectivity index (χ1) is 17.0. The van der Waals surface area contributed by atoms with Gasteiger partial charge in [0, 0.05) is 56.6 Å². The van der Waals surface area contributed by atoms with Crippen molar-refractivity contribution >= 4 is 29.1 Å². The van der Waals surface area contributed by atoms with E-state index in [1.54, 1.807) is 30.2 Å². The predicted octanol–water partition coefficient (Wildman–Crippen LogP) is 2.01. The number of ether oxygens (including phenoxy) is 2. The van der Waals surface area contributed by atoms with Crippen LogP contribution in [0.15, 0.2) is 42.5 Å². The molecule has 184 valence electrons. The summed E-state index contributed by atoms with van der Waals surface area (Å²) < 4.78 is 10.9. The van der Waals surface area contributed by atoms with Crippen molar-refractivity contribution in [2.24, 2.45) is 0 Å². The molecule has 2 saturated heterocycles. The Morgan fingerprint density at radius 3 is 2.46 bits per heavy atom. The number of fused-ring (bicyclic) bond motifs is 1. The fourth-order valence-electron chi connectivity index (χ4n) is 4.87. The molecule has 0 saturated carbocycles. The molecule has 3 aliphatic heterocycles. The molecule has 35 heavy (non-hydrogen) atoms. The molecule has 0 bridgehead atoms. The molecule has 9 nitrogen and oxygen atoms in total. The molecule has 9 heteroatoms. The highest BCUT2D eigenvalue weighted by molar-refractivity contribution is 6.04. The summed E-state index contributed by atoms with van der Waals surface area (Å²) in [4.78, 5) is 46.1. The van der Waals surface area contributed by atoms with Crippen molar-refractivity contribution in [3.63, 3.8) is 0 Å². The lowest BCUT2D eigenvalue weighted by Crippen LogP contribution is -2.53. The normalized spacial score (nSPS) is 17.8. The van der Waals surface area contributed by atoms with Crippen LogP contribution in [-0.2, 0) is 9.59 Å². The van der Waals surface area contributed by atoms with Gasteiger partial charge in [0.2, 0.25) is 5.91 Å². The second-order valence-electron chi connectivity index (χ2n) is 9.02. The van der Waals surface area contributed by atoms with E-state index in [1.165, 1.54) is 4.90 Å². The van der Waals surface area contributed by atoms with Gasteiger partial charge in [-0.15, -0.1) is 0 Å². The van der Waals surface area contributed by atoms with E-state index in [4.69, 9.17) is 9.47 Å². The number of hydrogen-bond acceptors (Lipinski definition) is 6. The second-order valence-corrected chi connectivity index (χ2v) is 9.02. The molecule has 0 aromatic heterocycles. The Bertz CT molecular complexity index is 1120. The van der Waals surface area contributed by atoms with E-state index < -0.39 is 0 Å². The summed E-state index contributed by atoms with van der Waals surface area (Å²) in [5.74, 6) is 0.856. The highest BCUT2D eigenvalue weighted by Crippen LogP contribution is 2.34. The third-order valence-electron chi connectivity index (χ3n) is 6.89. The molecule has 0 aliphatic carbocycles. The number of piperazine rings is 1. The Morgan fingerprint density at radius 2 is 1.71 bits per heavy atom. The van der Waals surface area contributed by atoms with Crippen LogP contribution in [0.2, 0.25) is 0 Å². The van der Waals surface area contributed by atoms with E-state index in [9.17, 15) is 14.4 Å². The molecular formula is C26H30N4O5. The first-order valence-electron chi connectivity index (χ1n) is 12.1. The Labute approximate surface area is 204 Å². The number of methoxy groups -OCH3 is 1. The molecule has 3 amide bonds. The molecular weight excluding hydrogens is 448 g/mol. The minimum atomic E-state index is -0.286. The second kappa shape index (κ2) is 9.85. The van der Waals surface area contributed by atoms with Gasteiger partial charge in [-0.05, 0) is 43.2 Å². The number of rotatable bonds is 5. The smallest absolute Gasteiger partial charge is 0.265 e. The highest BCUT2D eigenvalue weighted by Gasteiger charge is 2.31. The lowest BCUT2D eigenvalue weighted by atomic mass is 10.1. The third kappa shape index (κ3) is 4.76. The highest BCUT2D eigenvalue weighted by atomic mass is 16.5. The lowest BCUT2D eigenvalue weighted by Gasteiger charge is -2.37. The maximum absolute atomic E-state index is 13.2. The Balaban J connectivity index is 1.26. The zero-order chi connectivity index (χ0) is 24.4. The number of hydrogen-bond donors (Lipinski definition) is 0. The predicted molar refractivity (Wildman–Crippen MR) is 131 cm³/mol. The molecule has 3 heterocycles. The number of amides is 3. The van der Waals surface area contributed by atoms with E-state index in [0.717, 1.165) is 37.4 Å². The van der Waals surface area contributed by atoms with Crippen LogP contribution in [0.4, 0.5) is 11.4 Å². The number of carbonyl (C=O) groups excluding carboxylic acids is 3. The van der Waals surface area contributed by atoms with E-state index in [-0.39, 0.29) is 30.9 Å². The van der Waals surface area contributed by atoms with Gasteiger partial charge in [0.25, 0.3) is 11.8 Å². The Hall–Kier alpha value is -3.75. The van der Waals surface area contributed by atoms with Gasteiger partial charge in [0.05, 0.1) is 12.8 Å². The summed E-state index contributed by atoms with van der Waals surface area (Å²) in [5.41, 5.74) is 2.05. The minimum Gasteiger partial charge on any atom is -0.497 e.